The van der Waals surface area contributed by atoms with Gasteiger partial charge in [0.05, 0.1) is 42.0 Å². The summed E-state index contributed by atoms with van der Waals surface area (Å²) in [5.74, 6) is -3.25. The predicted molar refractivity (Wildman–Crippen MR) is 133 cm³/mol. The summed E-state index contributed by atoms with van der Waals surface area (Å²) in [7, 11) is 0. The van der Waals surface area contributed by atoms with Gasteiger partial charge in [0, 0.05) is 6.54 Å². The van der Waals surface area contributed by atoms with Crippen LogP contribution in [0.5, 0.6) is 0 Å². The van der Waals surface area contributed by atoms with Crippen LogP contribution in [0.2, 0.25) is 5.02 Å². The molecular formula is C27H31ClN2O6. The van der Waals surface area contributed by atoms with Crippen LogP contribution in [0.15, 0.2) is 42.5 Å². The maximum atomic E-state index is 14.4. The summed E-state index contributed by atoms with van der Waals surface area (Å²) in [6, 6.07) is 3.69. The second kappa shape index (κ2) is 9.32. The van der Waals surface area contributed by atoms with Crippen molar-refractivity contribution in [3.05, 3.63) is 53.1 Å². The van der Waals surface area contributed by atoms with E-state index in [1.807, 2.05) is 45.1 Å². The number of cyclic esters (lactones) is 1. The molecule has 2 fully saturated rings. The van der Waals surface area contributed by atoms with Crippen molar-refractivity contribution >= 4 is 35.1 Å². The first-order valence-electron chi connectivity index (χ1n) is 12.4. The van der Waals surface area contributed by atoms with E-state index >= 15 is 0 Å². The normalized spacial score (nSPS) is 32.6. The monoisotopic (exact) mass is 514 g/mol. The maximum absolute atomic E-state index is 14.4. The molecule has 8 nitrogen and oxygen atoms in total. The highest BCUT2D eigenvalue weighted by atomic mass is 35.5. The van der Waals surface area contributed by atoms with Crippen LogP contribution in [0.4, 0.5) is 5.69 Å². The lowest BCUT2D eigenvalue weighted by molar-refractivity contribution is -0.155. The van der Waals surface area contributed by atoms with Gasteiger partial charge in [-0.1, -0.05) is 61.9 Å². The molecule has 1 aromatic carbocycles. The minimum Gasteiger partial charge on any atom is -0.465 e. The van der Waals surface area contributed by atoms with E-state index in [4.69, 9.17) is 21.1 Å². The number of aliphatic hydroxyl groups excluding tert-OH is 1. The highest BCUT2D eigenvalue weighted by Crippen LogP contribution is 2.54. The number of esters is 1. The molecule has 36 heavy (non-hydrogen) atoms. The zero-order chi connectivity index (χ0) is 25.8. The second-order valence-corrected chi connectivity index (χ2v) is 10.6. The van der Waals surface area contributed by atoms with Crippen molar-refractivity contribution in [1.82, 2.24) is 4.90 Å². The Hall–Kier alpha value is -2.68. The molecule has 192 valence electrons. The van der Waals surface area contributed by atoms with E-state index in [2.05, 4.69) is 0 Å². The van der Waals surface area contributed by atoms with Gasteiger partial charge in [-0.3, -0.25) is 14.4 Å². The third-order valence-electron chi connectivity index (χ3n) is 7.83. The number of hydrogen-bond acceptors (Lipinski definition) is 6. The molecule has 0 aromatic heterocycles. The van der Waals surface area contributed by atoms with Crippen LogP contribution in [0, 0.1) is 24.7 Å². The molecule has 2 saturated heterocycles. The van der Waals surface area contributed by atoms with Crippen molar-refractivity contribution in [2.75, 3.05) is 24.7 Å². The van der Waals surface area contributed by atoms with Crippen LogP contribution in [0.25, 0.3) is 0 Å². The number of halogens is 1. The third-order valence-corrected chi connectivity index (χ3v) is 8.14. The predicted octanol–water partition coefficient (Wildman–Crippen LogP) is 2.65. The lowest BCUT2D eigenvalue weighted by Gasteiger charge is -2.40. The molecule has 6 atom stereocenters. The summed E-state index contributed by atoms with van der Waals surface area (Å²) < 4.78 is 12.0. The molecule has 1 N–H and O–H groups in total. The van der Waals surface area contributed by atoms with Gasteiger partial charge in [0.2, 0.25) is 5.91 Å². The Kier molecular flexibility index (Phi) is 6.47. The molecule has 9 heteroatoms. The minimum absolute atomic E-state index is 0.148. The number of anilines is 1. The Morgan fingerprint density at radius 3 is 2.67 bits per heavy atom. The van der Waals surface area contributed by atoms with Crippen LogP contribution >= 0.6 is 11.6 Å². The van der Waals surface area contributed by atoms with Crippen molar-refractivity contribution in [2.24, 2.45) is 17.8 Å². The average Bonchev–Trinajstić information content (AvgIpc) is 3.19. The van der Waals surface area contributed by atoms with Gasteiger partial charge in [-0.25, -0.2) is 0 Å². The lowest BCUT2D eigenvalue weighted by Crippen LogP contribution is -2.59. The molecule has 5 rings (SSSR count). The summed E-state index contributed by atoms with van der Waals surface area (Å²) in [5.41, 5.74) is -0.00511. The number of carbonyl (C=O) groups is 3. The van der Waals surface area contributed by atoms with Crippen LogP contribution < -0.4 is 4.90 Å². The average molecular weight is 515 g/mol. The summed E-state index contributed by atoms with van der Waals surface area (Å²) in [5, 5.41) is 10.7. The fraction of sp³-hybridized carbons (Fsp3) is 0.519. The van der Waals surface area contributed by atoms with E-state index in [0.717, 1.165) is 5.56 Å². The number of amides is 2. The SMILES string of the molecule is Cc1cccc(Cl)c1N1CC=C[C@]23O[C@H]4C=CCCOC(=O)[C@H]4[C@H]2C(=O)N([C@@H](CO)C(C)C)C3C1=O. The number of likely N-dealkylation sites (tertiary alicyclic amines) is 1. The smallest absolute Gasteiger partial charge is 0.312 e. The van der Waals surface area contributed by atoms with Crippen LogP contribution in [-0.2, 0) is 23.9 Å². The van der Waals surface area contributed by atoms with Crippen molar-refractivity contribution in [3.63, 3.8) is 0 Å². The van der Waals surface area contributed by atoms with E-state index in [-0.39, 0.29) is 37.5 Å². The zero-order valence-corrected chi connectivity index (χ0v) is 21.4. The number of hydrogen-bond donors (Lipinski definition) is 1. The Morgan fingerprint density at radius 1 is 1.19 bits per heavy atom. The zero-order valence-electron chi connectivity index (χ0n) is 20.6. The van der Waals surface area contributed by atoms with Crippen molar-refractivity contribution < 1.29 is 29.0 Å². The molecule has 0 aliphatic carbocycles. The van der Waals surface area contributed by atoms with Gasteiger partial charge in [-0.05, 0) is 30.9 Å². The molecule has 0 bridgehead atoms. The van der Waals surface area contributed by atoms with E-state index in [0.29, 0.717) is 17.1 Å². The van der Waals surface area contributed by atoms with Gasteiger partial charge >= 0.3 is 5.97 Å². The molecule has 2 amide bonds. The second-order valence-electron chi connectivity index (χ2n) is 10.2. The van der Waals surface area contributed by atoms with Gasteiger partial charge in [0.25, 0.3) is 5.91 Å². The first-order valence-corrected chi connectivity index (χ1v) is 12.8. The van der Waals surface area contributed by atoms with E-state index in [1.165, 1.54) is 4.90 Å². The summed E-state index contributed by atoms with van der Waals surface area (Å²) in [6.07, 6.45) is 7.11. The van der Waals surface area contributed by atoms with Crippen LogP contribution in [0.1, 0.15) is 25.8 Å². The Labute approximate surface area is 215 Å². The van der Waals surface area contributed by atoms with Gasteiger partial charge in [-0.2, -0.15) is 0 Å². The first-order chi connectivity index (χ1) is 17.2. The largest absolute Gasteiger partial charge is 0.465 e. The molecule has 0 saturated carbocycles. The molecule has 4 aliphatic heterocycles. The summed E-state index contributed by atoms with van der Waals surface area (Å²) in [4.78, 5) is 44.8. The standard InChI is InChI=1S/C27H31ClN2O6/c1-15(2)18(14-31)30-23-25(33)29(22-16(3)8-6-9-17(22)28)12-7-11-27(23)21(24(30)32)20-19(36-27)10-4-5-13-35-26(20)34/h4,6-11,15,18-21,23,31H,5,12-14H2,1-3H3/t18-,19-,20+,21-,23?,27-/m0/s1. The highest BCUT2D eigenvalue weighted by Gasteiger charge is 2.72. The number of benzene rings is 1. The van der Waals surface area contributed by atoms with Crippen molar-refractivity contribution in [2.45, 2.75) is 51.0 Å². The van der Waals surface area contributed by atoms with Gasteiger partial charge in [0.1, 0.15) is 17.6 Å². The molecular weight excluding hydrogens is 484 g/mol. The van der Waals surface area contributed by atoms with Gasteiger partial charge < -0.3 is 24.4 Å². The first kappa shape index (κ1) is 25.0. The number of nitrogens with zero attached hydrogens (tertiary/aromatic N) is 2. The van der Waals surface area contributed by atoms with Gasteiger partial charge in [-0.15, -0.1) is 0 Å². The minimum atomic E-state index is -1.39. The molecule has 4 aliphatic rings. The number of aliphatic hydroxyl groups is 1. The number of rotatable bonds is 4. The summed E-state index contributed by atoms with van der Waals surface area (Å²) >= 11 is 6.55. The quantitative estimate of drug-likeness (QED) is 0.490. The van der Waals surface area contributed by atoms with Crippen LogP contribution in [-0.4, -0.2) is 71.3 Å². The Morgan fingerprint density at radius 2 is 1.97 bits per heavy atom. The van der Waals surface area contributed by atoms with Crippen LogP contribution in [0.3, 0.4) is 0 Å². The summed E-state index contributed by atoms with van der Waals surface area (Å²) in [6.45, 7) is 5.76. The number of ether oxygens (including phenoxy) is 2. The van der Waals surface area contributed by atoms with Crippen molar-refractivity contribution in [1.29, 1.82) is 0 Å². The Bertz CT molecular complexity index is 1130. The molecule has 4 heterocycles. The number of fused-ring (bicyclic) bond motifs is 2. The number of para-hydroxylation sites is 1. The molecule has 1 aromatic rings. The molecule has 1 spiro atoms. The number of aryl methyl sites for hydroxylation is 1. The fourth-order valence-corrected chi connectivity index (χ4v) is 6.51. The van der Waals surface area contributed by atoms with E-state index in [1.54, 1.807) is 23.1 Å². The van der Waals surface area contributed by atoms with Crippen molar-refractivity contribution in [3.8, 4) is 0 Å². The molecule has 0 radical (unpaired) electrons. The van der Waals surface area contributed by atoms with E-state index in [9.17, 15) is 19.5 Å². The topological polar surface area (TPSA) is 96.4 Å². The lowest BCUT2D eigenvalue weighted by atomic mass is 9.77. The third kappa shape index (κ3) is 3.61. The fourth-order valence-electron chi connectivity index (χ4n) is 6.19. The maximum Gasteiger partial charge on any atom is 0.312 e. The number of carbonyl (C=O) groups excluding carboxylic acids is 3. The highest BCUT2D eigenvalue weighted by molar-refractivity contribution is 6.34. The van der Waals surface area contributed by atoms with E-state index < -0.39 is 41.6 Å². The Balaban J connectivity index is 1.69. The van der Waals surface area contributed by atoms with Gasteiger partial charge in [0.15, 0.2) is 0 Å². The molecule has 1 unspecified atom stereocenters.